The summed E-state index contributed by atoms with van der Waals surface area (Å²) in [4.78, 5) is 25.7. The van der Waals surface area contributed by atoms with E-state index in [1.807, 2.05) is 24.3 Å². The molecular formula is C18H25N3O2. The van der Waals surface area contributed by atoms with Gasteiger partial charge < -0.3 is 16.0 Å². The van der Waals surface area contributed by atoms with Crippen molar-refractivity contribution in [1.82, 2.24) is 0 Å². The number of amides is 2. The van der Waals surface area contributed by atoms with Crippen LogP contribution >= 0.6 is 0 Å². The first-order chi connectivity index (χ1) is 11.1. The molecule has 1 saturated carbocycles. The van der Waals surface area contributed by atoms with Gasteiger partial charge in [-0.3, -0.25) is 9.59 Å². The molecule has 3 rings (SSSR count). The predicted octanol–water partition coefficient (Wildman–Crippen LogP) is 2.66. The average Bonchev–Trinajstić information content (AvgIpc) is 2.96. The second-order valence-electron chi connectivity index (χ2n) is 6.66. The van der Waals surface area contributed by atoms with Crippen molar-refractivity contribution in [3.8, 4) is 0 Å². The first-order valence-electron chi connectivity index (χ1n) is 8.59. The Labute approximate surface area is 137 Å². The number of nitrogens with one attached hydrogen (secondary N) is 1. The minimum atomic E-state index is 0.0253. The molecule has 1 saturated heterocycles. The highest BCUT2D eigenvalue weighted by molar-refractivity contribution is 5.96. The molecule has 2 amide bonds. The van der Waals surface area contributed by atoms with Gasteiger partial charge in [-0.1, -0.05) is 12.8 Å². The Hall–Kier alpha value is -1.88. The Morgan fingerprint density at radius 3 is 2.57 bits per heavy atom. The van der Waals surface area contributed by atoms with Gasteiger partial charge in [0.05, 0.1) is 0 Å². The largest absolute Gasteiger partial charge is 0.327 e. The minimum Gasteiger partial charge on any atom is -0.327 e. The number of hydrogen-bond acceptors (Lipinski definition) is 3. The van der Waals surface area contributed by atoms with E-state index >= 15 is 0 Å². The zero-order valence-corrected chi connectivity index (χ0v) is 13.5. The van der Waals surface area contributed by atoms with Crippen LogP contribution in [0.15, 0.2) is 24.3 Å². The highest BCUT2D eigenvalue weighted by Crippen LogP contribution is 2.27. The number of anilines is 2. The molecule has 2 fully saturated rings. The van der Waals surface area contributed by atoms with Crippen molar-refractivity contribution in [2.75, 3.05) is 16.8 Å². The second-order valence-corrected chi connectivity index (χ2v) is 6.66. The fraction of sp³-hybridized carbons (Fsp3) is 0.556. The third-order valence-electron chi connectivity index (χ3n) is 4.95. The van der Waals surface area contributed by atoms with Gasteiger partial charge in [-0.2, -0.15) is 0 Å². The van der Waals surface area contributed by atoms with Crippen molar-refractivity contribution < 1.29 is 9.59 Å². The van der Waals surface area contributed by atoms with E-state index in [9.17, 15) is 9.59 Å². The summed E-state index contributed by atoms with van der Waals surface area (Å²) in [5, 5.41) is 2.94. The Morgan fingerprint density at radius 2 is 1.91 bits per heavy atom. The zero-order chi connectivity index (χ0) is 16.2. The Bertz CT molecular complexity index is 570. The molecule has 124 valence electrons. The molecule has 1 aromatic rings. The number of carbonyl (C=O) groups is 2. The van der Waals surface area contributed by atoms with Gasteiger partial charge in [0.25, 0.3) is 0 Å². The van der Waals surface area contributed by atoms with Gasteiger partial charge in [-0.25, -0.2) is 0 Å². The van der Waals surface area contributed by atoms with Gasteiger partial charge in [-0.05, 0) is 49.4 Å². The zero-order valence-electron chi connectivity index (χ0n) is 13.5. The molecular weight excluding hydrogens is 290 g/mol. The van der Waals surface area contributed by atoms with E-state index < -0.39 is 0 Å². The average molecular weight is 315 g/mol. The highest BCUT2D eigenvalue weighted by atomic mass is 16.2. The van der Waals surface area contributed by atoms with Gasteiger partial charge in [0.15, 0.2) is 0 Å². The lowest BCUT2D eigenvalue weighted by Crippen LogP contribution is -2.35. The van der Waals surface area contributed by atoms with Crippen LogP contribution in [0.2, 0.25) is 0 Å². The van der Waals surface area contributed by atoms with Crippen LogP contribution in [-0.2, 0) is 9.59 Å². The summed E-state index contributed by atoms with van der Waals surface area (Å²) in [5.74, 6) is 0.496. The quantitative estimate of drug-likeness (QED) is 0.897. The molecule has 1 aliphatic carbocycles. The van der Waals surface area contributed by atoms with Crippen LogP contribution in [0.4, 0.5) is 11.4 Å². The Morgan fingerprint density at radius 1 is 1.17 bits per heavy atom. The van der Waals surface area contributed by atoms with E-state index in [-0.39, 0.29) is 17.9 Å². The summed E-state index contributed by atoms with van der Waals surface area (Å²) in [5.41, 5.74) is 7.78. The van der Waals surface area contributed by atoms with Gasteiger partial charge in [0, 0.05) is 36.8 Å². The SMILES string of the molecule is NC1CCCCC1CC(=O)Nc1ccc(N2CCCC2=O)cc1. The maximum Gasteiger partial charge on any atom is 0.227 e. The third kappa shape index (κ3) is 3.91. The number of hydrogen-bond donors (Lipinski definition) is 2. The number of nitrogens with two attached hydrogens (primary N) is 1. The fourth-order valence-corrected chi connectivity index (χ4v) is 3.59. The Balaban J connectivity index is 1.55. The van der Waals surface area contributed by atoms with Crippen LogP contribution in [-0.4, -0.2) is 24.4 Å². The van der Waals surface area contributed by atoms with Crippen molar-refractivity contribution in [3.05, 3.63) is 24.3 Å². The fourth-order valence-electron chi connectivity index (χ4n) is 3.59. The molecule has 0 radical (unpaired) electrons. The highest BCUT2D eigenvalue weighted by Gasteiger charge is 2.24. The van der Waals surface area contributed by atoms with Crippen LogP contribution in [0.3, 0.4) is 0 Å². The van der Waals surface area contributed by atoms with E-state index in [0.29, 0.717) is 18.8 Å². The van der Waals surface area contributed by atoms with Gasteiger partial charge in [0.1, 0.15) is 0 Å². The van der Waals surface area contributed by atoms with Crippen LogP contribution in [0.1, 0.15) is 44.9 Å². The maximum absolute atomic E-state index is 12.2. The first-order valence-corrected chi connectivity index (χ1v) is 8.59. The lowest BCUT2D eigenvalue weighted by Gasteiger charge is -2.28. The van der Waals surface area contributed by atoms with E-state index in [1.165, 1.54) is 12.8 Å². The normalized spacial score (nSPS) is 24.7. The molecule has 2 atom stereocenters. The van der Waals surface area contributed by atoms with Crippen LogP contribution in [0.5, 0.6) is 0 Å². The summed E-state index contributed by atoms with van der Waals surface area (Å²) in [6, 6.07) is 7.66. The summed E-state index contributed by atoms with van der Waals surface area (Å²) < 4.78 is 0. The molecule has 2 unspecified atom stereocenters. The number of benzene rings is 1. The van der Waals surface area contributed by atoms with Crippen molar-refractivity contribution >= 4 is 23.2 Å². The summed E-state index contributed by atoms with van der Waals surface area (Å²) in [7, 11) is 0. The summed E-state index contributed by atoms with van der Waals surface area (Å²) in [6.07, 6.45) is 6.45. The van der Waals surface area contributed by atoms with Crippen molar-refractivity contribution in [2.45, 2.75) is 51.0 Å². The molecule has 1 aromatic carbocycles. The monoisotopic (exact) mass is 315 g/mol. The van der Waals surface area contributed by atoms with E-state index in [2.05, 4.69) is 5.32 Å². The van der Waals surface area contributed by atoms with Crippen LogP contribution < -0.4 is 16.0 Å². The standard InChI is InChI=1S/C18H25N3O2/c19-16-5-2-1-4-13(16)12-17(22)20-14-7-9-15(10-8-14)21-11-3-6-18(21)23/h7-10,13,16H,1-6,11-12,19H2,(H,20,22). The first kappa shape index (κ1) is 16.0. The molecule has 0 spiro atoms. The van der Waals surface area contributed by atoms with Crippen molar-refractivity contribution in [2.24, 2.45) is 11.7 Å². The summed E-state index contributed by atoms with van der Waals surface area (Å²) >= 11 is 0. The maximum atomic E-state index is 12.2. The minimum absolute atomic E-state index is 0.0253. The van der Waals surface area contributed by atoms with Crippen molar-refractivity contribution in [3.63, 3.8) is 0 Å². The van der Waals surface area contributed by atoms with E-state index in [1.54, 1.807) is 4.90 Å². The molecule has 0 bridgehead atoms. The van der Waals surface area contributed by atoms with Crippen molar-refractivity contribution in [1.29, 1.82) is 0 Å². The lowest BCUT2D eigenvalue weighted by atomic mass is 9.83. The second kappa shape index (κ2) is 7.13. The number of carbonyl (C=O) groups excluding carboxylic acids is 2. The smallest absolute Gasteiger partial charge is 0.227 e. The summed E-state index contributed by atoms with van der Waals surface area (Å²) in [6.45, 7) is 0.782. The molecule has 5 nitrogen and oxygen atoms in total. The number of nitrogens with zero attached hydrogens (tertiary/aromatic N) is 1. The molecule has 0 aromatic heterocycles. The van der Waals surface area contributed by atoms with Crippen LogP contribution in [0.25, 0.3) is 0 Å². The third-order valence-corrected chi connectivity index (χ3v) is 4.95. The molecule has 23 heavy (non-hydrogen) atoms. The van der Waals surface area contributed by atoms with Gasteiger partial charge >= 0.3 is 0 Å². The van der Waals surface area contributed by atoms with Gasteiger partial charge in [0.2, 0.25) is 11.8 Å². The van der Waals surface area contributed by atoms with Crippen LogP contribution in [0, 0.1) is 5.92 Å². The lowest BCUT2D eigenvalue weighted by molar-refractivity contribution is -0.118. The number of rotatable bonds is 4. The molecule has 1 heterocycles. The molecule has 5 heteroatoms. The van der Waals surface area contributed by atoms with E-state index in [4.69, 9.17) is 5.73 Å². The topological polar surface area (TPSA) is 75.4 Å². The Kier molecular flexibility index (Phi) is 4.96. The predicted molar refractivity (Wildman–Crippen MR) is 91.2 cm³/mol. The van der Waals surface area contributed by atoms with Gasteiger partial charge in [-0.15, -0.1) is 0 Å². The molecule has 3 N–H and O–H groups in total. The molecule has 1 aliphatic heterocycles. The van der Waals surface area contributed by atoms with E-state index in [0.717, 1.165) is 37.2 Å². The molecule has 2 aliphatic rings.